The lowest BCUT2D eigenvalue weighted by Crippen LogP contribution is -2.42. The molecule has 21 heavy (non-hydrogen) atoms. The predicted molar refractivity (Wildman–Crippen MR) is 81.7 cm³/mol. The summed E-state index contributed by atoms with van der Waals surface area (Å²) in [4.78, 5) is 0. The lowest BCUT2D eigenvalue weighted by atomic mass is 10.0. The van der Waals surface area contributed by atoms with Crippen molar-refractivity contribution in [1.29, 1.82) is 0 Å². The maximum absolute atomic E-state index is 5.45. The topological polar surface area (TPSA) is 49.9 Å². The molecule has 1 unspecified atom stereocenters. The van der Waals surface area contributed by atoms with Crippen LogP contribution in [0, 0.1) is 11.8 Å². The molecular weight excluding hydrogens is 262 g/mol. The molecule has 0 aliphatic carbocycles. The van der Waals surface area contributed by atoms with E-state index in [9.17, 15) is 0 Å². The lowest BCUT2D eigenvalue weighted by molar-refractivity contribution is 0.171. The van der Waals surface area contributed by atoms with E-state index in [1.807, 2.05) is 0 Å². The second-order valence-electron chi connectivity index (χ2n) is 5.65. The van der Waals surface area contributed by atoms with E-state index in [1.54, 1.807) is 12.4 Å². The molecule has 1 atom stereocenters. The molecule has 2 N–H and O–H groups in total. The summed E-state index contributed by atoms with van der Waals surface area (Å²) in [7, 11) is 0. The molecule has 108 valence electrons. The SMILES string of the molecule is CC1(NCc2ccc(C#Cc3cn[nH]c3)cc2)CCOC1. The maximum atomic E-state index is 5.45. The summed E-state index contributed by atoms with van der Waals surface area (Å²) >= 11 is 0. The Morgan fingerprint density at radius 1 is 1.29 bits per heavy atom. The largest absolute Gasteiger partial charge is 0.379 e. The van der Waals surface area contributed by atoms with Crippen LogP contribution >= 0.6 is 0 Å². The highest BCUT2D eigenvalue weighted by Crippen LogP contribution is 2.18. The fourth-order valence-electron chi connectivity index (χ4n) is 2.29. The van der Waals surface area contributed by atoms with Crippen molar-refractivity contribution in [2.45, 2.75) is 25.4 Å². The Morgan fingerprint density at radius 3 is 2.76 bits per heavy atom. The number of benzene rings is 1. The first-order chi connectivity index (χ1) is 10.2. The monoisotopic (exact) mass is 281 g/mol. The zero-order valence-electron chi connectivity index (χ0n) is 12.1. The molecule has 0 bridgehead atoms. The molecule has 1 aliphatic heterocycles. The smallest absolute Gasteiger partial charge is 0.0646 e. The third kappa shape index (κ3) is 3.72. The zero-order valence-corrected chi connectivity index (χ0v) is 12.1. The van der Waals surface area contributed by atoms with E-state index < -0.39 is 0 Å². The standard InChI is InChI=1S/C17H19N3O/c1-17(8-9-21-13-17)18-10-15-5-2-14(3-6-15)4-7-16-11-19-20-12-16/h2-3,5-6,11-12,18H,8-10,13H2,1H3,(H,19,20). The normalized spacial score (nSPS) is 21.0. The fourth-order valence-corrected chi connectivity index (χ4v) is 2.29. The van der Waals surface area contributed by atoms with Crippen molar-refractivity contribution in [1.82, 2.24) is 15.5 Å². The molecular formula is C17H19N3O. The van der Waals surface area contributed by atoms with Crippen molar-refractivity contribution >= 4 is 0 Å². The van der Waals surface area contributed by atoms with Crippen LogP contribution in [-0.4, -0.2) is 29.0 Å². The molecule has 0 spiro atoms. The zero-order chi connectivity index (χ0) is 14.5. The van der Waals surface area contributed by atoms with Crippen LogP contribution in [-0.2, 0) is 11.3 Å². The Balaban J connectivity index is 1.59. The van der Waals surface area contributed by atoms with E-state index in [4.69, 9.17) is 4.74 Å². The van der Waals surface area contributed by atoms with Crippen molar-refractivity contribution in [3.8, 4) is 11.8 Å². The number of aromatic amines is 1. The van der Waals surface area contributed by atoms with E-state index in [1.165, 1.54) is 5.56 Å². The Morgan fingerprint density at radius 2 is 2.10 bits per heavy atom. The van der Waals surface area contributed by atoms with Crippen LogP contribution in [0.3, 0.4) is 0 Å². The van der Waals surface area contributed by atoms with E-state index in [0.717, 1.165) is 37.3 Å². The van der Waals surface area contributed by atoms with Crippen LogP contribution in [0.5, 0.6) is 0 Å². The van der Waals surface area contributed by atoms with E-state index in [0.29, 0.717) is 0 Å². The third-order valence-electron chi connectivity index (χ3n) is 3.74. The molecule has 1 aliphatic rings. The summed E-state index contributed by atoms with van der Waals surface area (Å²) in [6.45, 7) is 4.72. The number of hydrogen-bond donors (Lipinski definition) is 2. The summed E-state index contributed by atoms with van der Waals surface area (Å²) in [5, 5.41) is 10.2. The summed E-state index contributed by atoms with van der Waals surface area (Å²) in [5.41, 5.74) is 3.28. The average molecular weight is 281 g/mol. The van der Waals surface area contributed by atoms with Crippen molar-refractivity contribution in [2.75, 3.05) is 13.2 Å². The number of ether oxygens (including phenoxy) is 1. The van der Waals surface area contributed by atoms with Gasteiger partial charge in [0.15, 0.2) is 0 Å². The number of hydrogen-bond acceptors (Lipinski definition) is 3. The summed E-state index contributed by atoms with van der Waals surface area (Å²) in [6.07, 6.45) is 4.58. The van der Waals surface area contributed by atoms with Gasteiger partial charge in [0.05, 0.1) is 18.4 Å². The van der Waals surface area contributed by atoms with Gasteiger partial charge in [-0.15, -0.1) is 0 Å². The number of rotatable bonds is 3. The molecule has 1 aromatic heterocycles. The first-order valence-corrected chi connectivity index (χ1v) is 7.16. The Bertz CT molecular complexity index is 629. The molecule has 1 fully saturated rings. The van der Waals surface area contributed by atoms with Crippen molar-refractivity contribution < 1.29 is 4.74 Å². The van der Waals surface area contributed by atoms with Gasteiger partial charge < -0.3 is 10.1 Å². The van der Waals surface area contributed by atoms with Gasteiger partial charge in [-0.3, -0.25) is 5.10 Å². The summed E-state index contributed by atoms with van der Waals surface area (Å²) < 4.78 is 5.45. The molecule has 1 aromatic carbocycles. The van der Waals surface area contributed by atoms with Crippen molar-refractivity contribution in [2.24, 2.45) is 0 Å². The van der Waals surface area contributed by atoms with Gasteiger partial charge in [-0.25, -0.2) is 0 Å². The molecule has 1 saturated heterocycles. The van der Waals surface area contributed by atoms with Gasteiger partial charge in [0.2, 0.25) is 0 Å². The second-order valence-corrected chi connectivity index (χ2v) is 5.65. The first kappa shape index (κ1) is 13.9. The van der Waals surface area contributed by atoms with Gasteiger partial charge in [-0.1, -0.05) is 24.0 Å². The van der Waals surface area contributed by atoms with Crippen LogP contribution in [0.25, 0.3) is 0 Å². The van der Waals surface area contributed by atoms with Gasteiger partial charge in [-0.05, 0) is 31.0 Å². The Hall–Kier alpha value is -2.09. The van der Waals surface area contributed by atoms with Crippen LogP contribution in [0.2, 0.25) is 0 Å². The number of nitrogens with one attached hydrogen (secondary N) is 2. The molecule has 2 aromatic rings. The number of H-pyrrole nitrogens is 1. The minimum atomic E-state index is 0.111. The molecule has 3 rings (SSSR count). The molecule has 0 saturated carbocycles. The van der Waals surface area contributed by atoms with Gasteiger partial charge in [0.25, 0.3) is 0 Å². The highest BCUT2D eigenvalue weighted by atomic mass is 16.5. The second kappa shape index (κ2) is 6.13. The average Bonchev–Trinajstić information content (AvgIpc) is 3.16. The fraction of sp³-hybridized carbons (Fsp3) is 0.353. The number of nitrogens with zero attached hydrogens (tertiary/aromatic N) is 1. The molecule has 2 heterocycles. The third-order valence-corrected chi connectivity index (χ3v) is 3.74. The van der Waals surface area contributed by atoms with Crippen LogP contribution in [0.1, 0.15) is 30.0 Å². The summed E-state index contributed by atoms with van der Waals surface area (Å²) in [6, 6.07) is 8.34. The molecule has 4 nitrogen and oxygen atoms in total. The Kier molecular flexibility index (Phi) is 4.05. The minimum absolute atomic E-state index is 0.111. The van der Waals surface area contributed by atoms with Gasteiger partial charge in [-0.2, -0.15) is 5.10 Å². The van der Waals surface area contributed by atoms with Crippen LogP contribution in [0.15, 0.2) is 36.7 Å². The van der Waals surface area contributed by atoms with E-state index in [-0.39, 0.29) is 5.54 Å². The number of aromatic nitrogens is 2. The Labute approximate surface area is 124 Å². The highest BCUT2D eigenvalue weighted by molar-refractivity contribution is 5.41. The van der Waals surface area contributed by atoms with Crippen LogP contribution < -0.4 is 5.32 Å². The van der Waals surface area contributed by atoms with Gasteiger partial charge in [0.1, 0.15) is 0 Å². The quantitative estimate of drug-likeness (QED) is 0.847. The first-order valence-electron chi connectivity index (χ1n) is 7.16. The molecule has 4 heteroatoms. The van der Waals surface area contributed by atoms with E-state index in [2.05, 4.69) is 58.5 Å². The molecule has 0 amide bonds. The van der Waals surface area contributed by atoms with Crippen LogP contribution in [0.4, 0.5) is 0 Å². The lowest BCUT2D eigenvalue weighted by Gasteiger charge is -2.23. The van der Waals surface area contributed by atoms with Gasteiger partial charge in [0, 0.05) is 30.5 Å². The summed E-state index contributed by atoms with van der Waals surface area (Å²) in [5.74, 6) is 6.20. The predicted octanol–water partition coefficient (Wildman–Crippen LogP) is 2.08. The van der Waals surface area contributed by atoms with Crippen molar-refractivity contribution in [3.05, 3.63) is 53.3 Å². The molecule has 0 radical (unpaired) electrons. The maximum Gasteiger partial charge on any atom is 0.0646 e. The van der Waals surface area contributed by atoms with Crippen molar-refractivity contribution in [3.63, 3.8) is 0 Å². The van der Waals surface area contributed by atoms with E-state index >= 15 is 0 Å². The van der Waals surface area contributed by atoms with Gasteiger partial charge >= 0.3 is 0 Å². The highest BCUT2D eigenvalue weighted by Gasteiger charge is 2.28. The minimum Gasteiger partial charge on any atom is -0.379 e.